The summed E-state index contributed by atoms with van der Waals surface area (Å²) in [5, 5.41) is 11.4. The van der Waals surface area contributed by atoms with Gasteiger partial charge in [-0.3, -0.25) is 4.79 Å². The molecule has 0 spiro atoms. The summed E-state index contributed by atoms with van der Waals surface area (Å²) in [6.45, 7) is 1.81. The topological polar surface area (TPSA) is 103 Å². The molecule has 0 saturated heterocycles. The van der Waals surface area contributed by atoms with Gasteiger partial charge in [0.25, 0.3) is 0 Å². The molecule has 0 bridgehead atoms. The number of nitrogens with two attached hydrogens (primary N) is 1. The van der Waals surface area contributed by atoms with Crippen LogP contribution in [0.5, 0.6) is 5.75 Å². The van der Waals surface area contributed by atoms with Crippen molar-refractivity contribution < 1.29 is 32.2 Å². The molecule has 2 aromatic carbocycles. The van der Waals surface area contributed by atoms with Gasteiger partial charge in [0.15, 0.2) is 5.75 Å². The van der Waals surface area contributed by atoms with Gasteiger partial charge in [0, 0.05) is 35.5 Å². The predicted molar refractivity (Wildman–Crippen MR) is 129 cm³/mol. The smallest absolute Gasteiger partial charge is 0.423 e. The van der Waals surface area contributed by atoms with Gasteiger partial charge in [-0.1, -0.05) is 18.2 Å². The zero-order chi connectivity index (χ0) is 27.3. The Hall–Kier alpha value is -4.25. The SMILES string of the molecule is C[C@]1(n2ccnc2)COc2c1cc([C@@](O)(Cc1ccccc1C(N)=O)C(F)(F)F)nc2-c1ccc(F)cc1. The number of nitrogens with zero attached hydrogens (tertiary/aromatic N) is 3. The summed E-state index contributed by atoms with van der Waals surface area (Å²) in [6, 6.07) is 11.7. The van der Waals surface area contributed by atoms with Gasteiger partial charge in [0.1, 0.15) is 23.7 Å². The molecule has 4 aromatic rings. The molecule has 196 valence electrons. The van der Waals surface area contributed by atoms with E-state index in [9.17, 15) is 27.5 Å². The first-order chi connectivity index (χ1) is 17.9. The fourth-order valence-corrected chi connectivity index (χ4v) is 4.68. The molecule has 3 N–H and O–H groups in total. The van der Waals surface area contributed by atoms with E-state index < -0.39 is 41.2 Å². The summed E-state index contributed by atoms with van der Waals surface area (Å²) in [6.07, 6.45) is -1.54. The molecule has 2 aromatic heterocycles. The number of halogens is 4. The van der Waals surface area contributed by atoms with Gasteiger partial charge in [-0.15, -0.1) is 0 Å². The number of imidazole rings is 1. The molecular formula is C27H22F4N4O3. The third-order valence-electron chi connectivity index (χ3n) is 6.86. The lowest BCUT2D eigenvalue weighted by Crippen LogP contribution is -2.45. The number of hydrogen-bond donors (Lipinski definition) is 2. The Bertz CT molecular complexity index is 1510. The van der Waals surface area contributed by atoms with Crippen LogP contribution in [0.4, 0.5) is 17.6 Å². The van der Waals surface area contributed by atoms with Crippen molar-refractivity contribution >= 4 is 5.91 Å². The molecule has 11 heteroatoms. The number of aromatic nitrogens is 3. The second-order valence-corrected chi connectivity index (χ2v) is 9.33. The Morgan fingerprint density at radius 3 is 2.53 bits per heavy atom. The quantitative estimate of drug-likeness (QED) is 0.364. The van der Waals surface area contributed by atoms with E-state index in [-0.39, 0.29) is 29.2 Å². The molecule has 0 radical (unpaired) electrons. The number of ether oxygens (including phenoxy) is 1. The number of primary amides is 1. The average Bonchev–Trinajstić information content (AvgIpc) is 3.53. The number of rotatable bonds is 6. The van der Waals surface area contributed by atoms with Crippen LogP contribution in [-0.4, -0.2) is 38.3 Å². The highest BCUT2D eigenvalue weighted by molar-refractivity contribution is 5.94. The van der Waals surface area contributed by atoms with Crippen LogP contribution in [0, 0.1) is 5.82 Å². The van der Waals surface area contributed by atoms with Crippen molar-refractivity contribution in [2.45, 2.75) is 30.7 Å². The highest BCUT2D eigenvalue weighted by atomic mass is 19.4. The molecule has 38 heavy (non-hydrogen) atoms. The fourth-order valence-electron chi connectivity index (χ4n) is 4.68. The first-order valence-electron chi connectivity index (χ1n) is 11.5. The Balaban J connectivity index is 1.77. The van der Waals surface area contributed by atoms with Crippen LogP contribution >= 0.6 is 0 Å². The van der Waals surface area contributed by atoms with Crippen LogP contribution in [0.25, 0.3) is 11.3 Å². The van der Waals surface area contributed by atoms with Gasteiger partial charge in [-0.2, -0.15) is 13.2 Å². The van der Waals surface area contributed by atoms with Crippen LogP contribution in [-0.2, 0) is 17.6 Å². The van der Waals surface area contributed by atoms with Crippen molar-refractivity contribution in [1.82, 2.24) is 14.5 Å². The Kier molecular flexibility index (Phi) is 5.98. The molecule has 0 fully saturated rings. The zero-order valence-electron chi connectivity index (χ0n) is 20.0. The molecule has 0 saturated carbocycles. The van der Waals surface area contributed by atoms with Crippen LogP contribution in [0.1, 0.15) is 34.1 Å². The molecule has 7 nitrogen and oxygen atoms in total. The van der Waals surface area contributed by atoms with Crippen molar-refractivity contribution in [3.63, 3.8) is 0 Å². The third kappa shape index (κ3) is 4.08. The minimum atomic E-state index is -5.20. The second-order valence-electron chi connectivity index (χ2n) is 9.33. The standard InChI is InChI=1S/C27H22F4N4O3/c1-25(35-11-10-33-15-35)14-38-23-20(25)12-21(34-22(23)16-6-8-18(28)9-7-16)26(37,27(29,30)31)13-17-4-2-3-5-19(17)24(32)36/h2-12,15,37H,13-14H2,1H3,(H2,32,36)/t25-,26-/m0/s1. The van der Waals surface area contributed by atoms with E-state index in [0.29, 0.717) is 11.1 Å². The number of alkyl halides is 3. The summed E-state index contributed by atoms with van der Waals surface area (Å²) >= 11 is 0. The lowest BCUT2D eigenvalue weighted by Gasteiger charge is -2.32. The van der Waals surface area contributed by atoms with E-state index >= 15 is 0 Å². The van der Waals surface area contributed by atoms with E-state index in [4.69, 9.17) is 10.5 Å². The van der Waals surface area contributed by atoms with Crippen molar-refractivity contribution in [1.29, 1.82) is 0 Å². The van der Waals surface area contributed by atoms with Crippen LogP contribution in [0.2, 0.25) is 0 Å². The molecule has 3 heterocycles. The third-order valence-corrected chi connectivity index (χ3v) is 6.86. The molecule has 2 atom stereocenters. The number of fused-ring (bicyclic) bond motifs is 1. The van der Waals surface area contributed by atoms with E-state index in [1.165, 1.54) is 48.9 Å². The van der Waals surface area contributed by atoms with Gasteiger partial charge >= 0.3 is 6.18 Å². The minimum Gasteiger partial charge on any atom is -0.488 e. The molecule has 1 amide bonds. The average molecular weight is 526 g/mol. The summed E-state index contributed by atoms with van der Waals surface area (Å²) in [5.41, 5.74) is 0.546. The number of aliphatic hydroxyl groups is 1. The van der Waals surface area contributed by atoms with Crippen molar-refractivity contribution in [2.75, 3.05) is 6.61 Å². The molecule has 1 aliphatic heterocycles. The molecule has 0 aliphatic carbocycles. The fraction of sp³-hybridized carbons (Fsp3) is 0.222. The number of carbonyl (C=O) groups is 1. The highest BCUT2D eigenvalue weighted by Crippen LogP contribution is 2.49. The van der Waals surface area contributed by atoms with Gasteiger partial charge < -0.3 is 20.1 Å². The highest BCUT2D eigenvalue weighted by Gasteiger charge is 2.57. The zero-order valence-corrected chi connectivity index (χ0v) is 20.0. The lowest BCUT2D eigenvalue weighted by atomic mass is 9.84. The Morgan fingerprint density at radius 2 is 1.89 bits per heavy atom. The molecule has 5 rings (SSSR count). The molecule has 0 unspecified atom stereocenters. The Morgan fingerprint density at radius 1 is 1.18 bits per heavy atom. The molecular weight excluding hydrogens is 504 g/mol. The number of pyridine rings is 1. The van der Waals surface area contributed by atoms with E-state index in [0.717, 1.165) is 18.2 Å². The first kappa shape index (κ1) is 25.4. The van der Waals surface area contributed by atoms with Gasteiger partial charge in [0.2, 0.25) is 11.5 Å². The number of hydrogen-bond acceptors (Lipinski definition) is 5. The predicted octanol–water partition coefficient (Wildman–Crippen LogP) is 4.33. The maximum Gasteiger partial charge on any atom is 0.423 e. The maximum absolute atomic E-state index is 14.7. The number of amides is 1. The van der Waals surface area contributed by atoms with Gasteiger partial charge in [-0.05, 0) is 48.9 Å². The minimum absolute atomic E-state index is 0.00667. The maximum atomic E-state index is 14.7. The van der Waals surface area contributed by atoms with E-state index in [2.05, 4.69) is 9.97 Å². The van der Waals surface area contributed by atoms with Crippen LogP contribution in [0.15, 0.2) is 73.3 Å². The first-order valence-corrected chi connectivity index (χ1v) is 11.5. The number of benzene rings is 2. The van der Waals surface area contributed by atoms with Gasteiger partial charge in [0.05, 0.1) is 12.0 Å². The van der Waals surface area contributed by atoms with Crippen molar-refractivity contribution in [3.8, 4) is 17.0 Å². The number of carbonyl (C=O) groups excluding carboxylic acids is 1. The van der Waals surface area contributed by atoms with E-state index in [1.54, 1.807) is 17.7 Å². The normalized spacial score (nSPS) is 18.5. The lowest BCUT2D eigenvalue weighted by molar-refractivity contribution is -0.267. The summed E-state index contributed by atoms with van der Waals surface area (Å²) in [5.74, 6) is -1.26. The van der Waals surface area contributed by atoms with Crippen molar-refractivity contribution in [2.24, 2.45) is 5.73 Å². The van der Waals surface area contributed by atoms with Crippen LogP contribution in [0.3, 0.4) is 0 Å². The summed E-state index contributed by atoms with van der Waals surface area (Å²) in [4.78, 5) is 20.2. The Labute approximate surface area is 214 Å². The second kappa shape index (κ2) is 8.95. The van der Waals surface area contributed by atoms with Gasteiger partial charge in [-0.25, -0.2) is 14.4 Å². The monoisotopic (exact) mass is 526 g/mol. The van der Waals surface area contributed by atoms with E-state index in [1.807, 2.05) is 0 Å². The molecule has 1 aliphatic rings. The summed E-state index contributed by atoms with van der Waals surface area (Å²) < 4.78 is 65.4. The van der Waals surface area contributed by atoms with Crippen molar-refractivity contribution in [3.05, 3.63) is 102 Å². The van der Waals surface area contributed by atoms with Crippen LogP contribution < -0.4 is 10.5 Å². The summed E-state index contributed by atoms with van der Waals surface area (Å²) in [7, 11) is 0. The largest absolute Gasteiger partial charge is 0.488 e.